The predicted octanol–water partition coefficient (Wildman–Crippen LogP) is 2.14. The smallest absolute Gasteiger partial charge is 0.243 e. The van der Waals surface area contributed by atoms with E-state index < -0.39 is 10.0 Å². The van der Waals surface area contributed by atoms with Crippen LogP contribution in [-0.2, 0) is 16.6 Å². The van der Waals surface area contributed by atoms with Crippen molar-refractivity contribution in [2.75, 3.05) is 13.6 Å². The van der Waals surface area contributed by atoms with Gasteiger partial charge >= 0.3 is 0 Å². The molecule has 5 heteroatoms. The highest BCUT2D eigenvalue weighted by atomic mass is 32.2. The summed E-state index contributed by atoms with van der Waals surface area (Å²) in [5.74, 6) is 0. The summed E-state index contributed by atoms with van der Waals surface area (Å²) in [5, 5.41) is 3.39. The van der Waals surface area contributed by atoms with Gasteiger partial charge in [-0.2, -0.15) is 4.31 Å². The molecule has 20 heavy (non-hydrogen) atoms. The quantitative estimate of drug-likeness (QED) is 0.784. The van der Waals surface area contributed by atoms with E-state index in [1.807, 2.05) is 13.0 Å². The van der Waals surface area contributed by atoms with E-state index in [0.717, 1.165) is 17.7 Å². The molecular weight excluding hydrogens is 272 g/mol. The number of likely N-dealkylation sites (N-methyl/N-ethyl adjacent to an activating group) is 1. The van der Waals surface area contributed by atoms with Gasteiger partial charge in [0.1, 0.15) is 0 Å². The van der Waals surface area contributed by atoms with Crippen molar-refractivity contribution in [1.82, 2.24) is 9.62 Å². The van der Waals surface area contributed by atoms with Gasteiger partial charge in [0.2, 0.25) is 10.0 Å². The normalized spacial score (nSPS) is 15.6. The Morgan fingerprint density at radius 3 is 2.75 bits per heavy atom. The van der Waals surface area contributed by atoms with Gasteiger partial charge in [-0.05, 0) is 37.5 Å². The van der Waals surface area contributed by atoms with Crippen molar-refractivity contribution in [3.05, 3.63) is 42.0 Å². The van der Waals surface area contributed by atoms with Gasteiger partial charge in [-0.1, -0.05) is 24.3 Å². The Morgan fingerprint density at radius 2 is 2.15 bits per heavy atom. The maximum atomic E-state index is 12.4. The Labute approximate surface area is 121 Å². The van der Waals surface area contributed by atoms with Gasteiger partial charge < -0.3 is 5.32 Å². The van der Waals surface area contributed by atoms with Gasteiger partial charge in [0, 0.05) is 26.2 Å². The molecule has 1 N–H and O–H groups in total. The van der Waals surface area contributed by atoms with Crippen molar-refractivity contribution in [2.24, 2.45) is 0 Å². The first-order valence-corrected chi connectivity index (χ1v) is 8.26. The number of nitrogens with one attached hydrogen (secondary N) is 1. The van der Waals surface area contributed by atoms with Crippen LogP contribution >= 0.6 is 0 Å². The van der Waals surface area contributed by atoms with E-state index in [-0.39, 0.29) is 0 Å². The van der Waals surface area contributed by atoms with Gasteiger partial charge in [-0.3, -0.25) is 0 Å². The molecule has 0 saturated heterocycles. The van der Waals surface area contributed by atoms with Crippen LogP contribution in [0.25, 0.3) is 0 Å². The third-order valence-electron chi connectivity index (χ3n) is 3.27. The molecule has 2 rings (SSSR count). The van der Waals surface area contributed by atoms with Crippen LogP contribution in [0.2, 0.25) is 0 Å². The largest absolute Gasteiger partial charge is 0.310 e. The van der Waals surface area contributed by atoms with E-state index in [1.54, 1.807) is 25.2 Å². The number of hydrogen-bond acceptors (Lipinski definition) is 3. The van der Waals surface area contributed by atoms with Crippen LogP contribution in [0.4, 0.5) is 0 Å². The molecule has 110 valence electrons. The van der Waals surface area contributed by atoms with Crippen LogP contribution in [0.1, 0.15) is 25.3 Å². The first-order valence-electron chi connectivity index (χ1n) is 6.82. The van der Waals surface area contributed by atoms with E-state index in [2.05, 4.69) is 11.9 Å². The molecule has 1 aliphatic carbocycles. The maximum Gasteiger partial charge on any atom is 0.243 e. The summed E-state index contributed by atoms with van der Waals surface area (Å²) >= 11 is 0. The van der Waals surface area contributed by atoms with Crippen LogP contribution in [0.3, 0.4) is 0 Å². The summed E-state index contributed by atoms with van der Waals surface area (Å²) in [5.41, 5.74) is 1.82. The molecule has 1 aromatic carbocycles. The molecule has 0 aromatic heterocycles. The standard InChI is InChI=1S/C15H22N2O2S/c1-12(2)11-17(3)20(18,19)15-6-4-5-13(9-15)10-16-14-7-8-14/h4-6,9,14,16H,1,7-8,10-11H2,2-3H3. The minimum Gasteiger partial charge on any atom is -0.310 e. The lowest BCUT2D eigenvalue weighted by Gasteiger charge is -2.17. The Kier molecular flexibility index (Phi) is 4.62. The van der Waals surface area contributed by atoms with Gasteiger partial charge in [0.05, 0.1) is 4.90 Å². The highest BCUT2D eigenvalue weighted by molar-refractivity contribution is 7.89. The Hall–Kier alpha value is -1.17. The molecule has 1 saturated carbocycles. The van der Waals surface area contributed by atoms with E-state index in [4.69, 9.17) is 0 Å². The van der Waals surface area contributed by atoms with Crippen molar-refractivity contribution in [1.29, 1.82) is 0 Å². The molecule has 1 aromatic rings. The maximum absolute atomic E-state index is 12.4. The second kappa shape index (κ2) is 6.08. The monoisotopic (exact) mass is 294 g/mol. The number of benzene rings is 1. The van der Waals surface area contributed by atoms with Gasteiger partial charge in [0.15, 0.2) is 0 Å². The average Bonchev–Trinajstić information content (AvgIpc) is 3.20. The summed E-state index contributed by atoms with van der Waals surface area (Å²) < 4.78 is 26.2. The number of sulfonamides is 1. The van der Waals surface area contributed by atoms with Gasteiger partial charge in [0.25, 0.3) is 0 Å². The summed E-state index contributed by atoms with van der Waals surface area (Å²) in [4.78, 5) is 0.344. The lowest BCUT2D eigenvalue weighted by Crippen LogP contribution is -2.28. The molecule has 0 amide bonds. The fourth-order valence-corrected chi connectivity index (χ4v) is 3.31. The Bertz CT molecular complexity index is 592. The first kappa shape index (κ1) is 15.2. The molecular formula is C15H22N2O2S. The van der Waals surface area contributed by atoms with Gasteiger partial charge in [-0.25, -0.2) is 8.42 Å². The first-order chi connectivity index (χ1) is 9.39. The molecule has 0 atom stereocenters. The molecule has 1 aliphatic rings. The zero-order valence-electron chi connectivity index (χ0n) is 12.1. The number of rotatable bonds is 7. The zero-order chi connectivity index (χ0) is 14.8. The van der Waals surface area contributed by atoms with E-state index >= 15 is 0 Å². The molecule has 0 bridgehead atoms. The highest BCUT2D eigenvalue weighted by Gasteiger charge is 2.22. The van der Waals surface area contributed by atoms with Crippen molar-refractivity contribution in [3.8, 4) is 0 Å². The molecule has 0 aliphatic heterocycles. The third kappa shape index (κ3) is 3.91. The van der Waals surface area contributed by atoms with E-state index in [0.29, 0.717) is 17.5 Å². The van der Waals surface area contributed by atoms with E-state index in [9.17, 15) is 8.42 Å². The summed E-state index contributed by atoms with van der Waals surface area (Å²) in [6.07, 6.45) is 2.44. The topological polar surface area (TPSA) is 49.4 Å². The van der Waals surface area contributed by atoms with Crippen LogP contribution in [0, 0.1) is 0 Å². The fraction of sp³-hybridized carbons (Fsp3) is 0.467. The SMILES string of the molecule is C=C(C)CN(C)S(=O)(=O)c1cccc(CNC2CC2)c1. The molecule has 0 radical (unpaired) electrons. The van der Waals surface area contributed by atoms with Crippen LogP contribution in [0.15, 0.2) is 41.3 Å². The van der Waals surface area contributed by atoms with Crippen LogP contribution in [-0.4, -0.2) is 32.4 Å². The van der Waals surface area contributed by atoms with Crippen molar-refractivity contribution < 1.29 is 8.42 Å². The second-order valence-corrected chi connectivity index (χ2v) is 7.57. The molecule has 1 fully saturated rings. The number of hydrogen-bond donors (Lipinski definition) is 1. The molecule has 4 nitrogen and oxygen atoms in total. The summed E-state index contributed by atoms with van der Waals surface area (Å²) in [6.45, 7) is 6.64. The van der Waals surface area contributed by atoms with Gasteiger partial charge in [-0.15, -0.1) is 0 Å². The number of nitrogens with zero attached hydrogens (tertiary/aromatic N) is 1. The minimum absolute atomic E-state index is 0.340. The second-order valence-electron chi connectivity index (χ2n) is 5.52. The van der Waals surface area contributed by atoms with Crippen molar-refractivity contribution in [2.45, 2.75) is 37.2 Å². The van der Waals surface area contributed by atoms with Crippen LogP contribution in [0.5, 0.6) is 0 Å². The average molecular weight is 294 g/mol. The Morgan fingerprint density at radius 1 is 1.45 bits per heavy atom. The summed E-state index contributed by atoms with van der Waals surface area (Å²) in [6, 6.07) is 7.75. The molecule has 0 unspecified atom stereocenters. The molecule has 0 heterocycles. The summed E-state index contributed by atoms with van der Waals surface area (Å²) in [7, 11) is -1.85. The van der Waals surface area contributed by atoms with E-state index in [1.165, 1.54) is 17.1 Å². The lowest BCUT2D eigenvalue weighted by atomic mass is 10.2. The lowest BCUT2D eigenvalue weighted by molar-refractivity contribution is 0.493. The third-order valence-corrected chi connectivity index (χ3v) is 5.07. The fourth-order valence-electron chi connectivity index (χ4n) is 2.01. The molecule has 0 spiro atoms. The predicted molar refractivity (Wildman–Crippen MR) is 80.9 cm³/mol. The highest BCUT2D eigenvalue weighted by Crippen LogP contribution is 2.20. The van der Waals surface area contributed by atoms with Crippen molar-refractivity contribution >= 4 is 10.0 Å². The zero-order valence-corrected chi connectivity index (χ0v) is 12.9. The Balaban J connectivity index is 2.13. The minimum atomic E-state index is -3.43. The van der Waals surface area contributed by atoms with Crippen LogP contribution < -0.4 is 5.32 Å². The van der Waals surface area contributed by atoms with Crippen molar-refractivity contribution in [3.63, 3.8) is 0 Å².